The molecular formula is C69H45NS. The van der Waals surface area contributed by atoms with Gasteiger partial charge in [0.2, 0.25) is 0 Å². The van der Waals surface area contributed by atoms with E-state index in [1.165, 1.54) is 108 Å². The molecule has 13 aromatic rings. The van der Waals surface area contributed by atoms with Gasteiger partial charge in [0.05, 0.1) is 11.1 Å². The highest BCUT2D eigenvalue weighted by Crippen LogP contribution is 2.58. The molecule has 0 N–H and O–H groups in total. The molecule has 0 radical (unpaired) electrons. The van der Waals surface area contributed by atoms with Gasteiger partial charge in [-0.1, -0.05) is 237 Å². The number of anilines is 3. The summed E-state index contributed by atoms with van der Waals surface area (Å²) in [5.41, 5.74) is 17.7. The summed E-state index contributed by atoms with van der Waals surface area (Å²) in [6.07, 6.45) is 0. The quantitative estimate of drug-likeness (QED) is 0.147. The molecular weight excluding hydrogens is 875 g/mol. The number of hydrogen-bond donors (Lipinski definition) is 0. The molecule has 2 heteroatoms. The average Bonchev–Trinajstić information content (AvgIpc) is 3.98. The van der Waals surface area contributed by atoms with Gasteiger partial charge in [0.1, 0.15) is 0 Å². The molecule has 332 valence electrons. The normalized spacial score (nSPS) is 12.6. The van der Waals surface area contributed by atoms with Crippen molar-refractivity contribution in [2.45, 2.75) is 5.41 Å². The standard InChI is InChI=1S/C69H45NS/c1-3-21-51(22-4-1)69(52-23-5-2-6-24-52)63-31-13-11-27-59(63)60-42-41-54(45-64(60)69)70(53-39-37-47(38-40-53)46-33-35-50(36-34-46)56-29-15-19-48-17-7-9-25-55(48)56)65-44-43-61(58-30-16-20-49-18-8-10-26-57(49)58)68-67(65)62-28-12-14-32-66(62)71-68/h1-45H. The number of nitrogens with zero attached hydrogens (tertiary/aromatic N) is 1. The minimum Gasteiger partial charge on any atom is -0.310 e. The molecule has 0 atom stereocenters. The number of thiophene rings is 1. The lowest BCUT2D eigenvalue weighted by atomic mass is 9.67. The van der Waals surface area contributed by atoms with Gasteiger partial charge in [-0.2, -0.15) is 0 Å². The zero-order valence-electron chi connectivity index (χ0n) is 38.8. The Morgan fingerprint density at radius 1 is 0.310 bits per heavy atom. The Morgan fingerprint density at radius 3 is 1.51 bits per heavy atom. The van der Waals surface area contributed by atoms with E-state index in [0.29, 0.717) is 0 Å². The molecule has 0 aliphatic heterocycles. The third-order valence-electron chi connectivity index (χ3n) is 15.0. The van der Waals surface area contributed by atoms with Crippen LogP contribution in [-0.2, 0) is 5.41 Å². The van der Waals surface area contributed by atoms with Gasteiger partial charge in [-0.3, -0.25) is 0 Å². The zero-order chi connectivity index (χ0) is 46.9. The van der Waals surface area contributed by atoms with Crippen LogP contribution < -0.4 is 4.90 Å². The first kappa shape index (κ1) is 41.2. The first-order valence-electron chi connectivity index (χ1n) is 24.5. The molecule has 0 unspecified atom stereocenters. The van der Waals surface area contributed by atoms with Crippen molar-refractivity contribution >= 4 is 70.1 Å². The van der Waals surface area contributed by atoms with Gasteiger partial charge < -0.3 is 4.90 Å². The predicted octanol–water partition coefficient (Wildman–Crippen LogP) is 19.2. The molecule has 71 heavy (non-hydrogen) atoms. The van der Waals surface area contributed by atoms with Crippen molar-refractivity contribution in [3.05, 3.63) is 295 Å². The predicted molar refractivity (Wildman–Crippen MR) is 303 cm³/mol. The fourth-order valence-corrected chi connectivity index (χ4v) is 13.0. The molecule has 1 heterocycles. The summed E-state index contributed by atoms with van der Waals surface area (Å²) in [5, 5.41) is 7.54. The van der Waals surface area contributed by atoms with E-state index < -0.39 is 5.41 Å². The molecule has 1 nitrogen and oxygen atoms in total. The summed E-state index contributed by atoms with van der Waals surface area (Å²) < 4.78 is 2.56. The fraction of sp³-hybridized carbons (Fsp3) is 0.0145. The van der Waals surface area contributed by atoms with E-state index in [1.807, 2.05) is 11.3 Å². The Balaban J connectivity index is 0.987. The van der Waals surface area contributed by atoms with E-state index in [-0.39, 0.29) is 0 Å². The van der Waals surface area contributed by atoms with Gasteiger partial charge in [-0.25, -0.2) is 0 Å². The van der Waals surface area contributed by atoms with Crippen LogP contribution in [0.15, 0.2) is 273 Å². The third kappa shape index (κ3) is 6.53. The molecule has 0 bridgehead atoms. The van der Waals surface area contributed by atoms with Crippen molar-refractivity contribution in [1.82, 2.24) is 0 Å². The van der Waals surface area contributed by atoms with Crippen LogP contribution in [-0.4, -0.2) is 0 Å². The summed E-state index contributed by atoms with van der Waals surface area (Å²) in [7, 11) is 0. The van der Waals surface area contributed by atoms with Gasteiger partial charge in [0.15, 0.2) is 0 Å². The Kier molecular flexibility index (Phi) is 9.69. The minimum absolute atomic E-state index is 0.541. The molecule has 0 fully saturated rings. The van der Waals surface area contributed by atoms with E-state index in [4.69, 9.17) is 0 Å². The average molecular weight is 920 g/mol. The summed E-state index contributed by atoms with van der Waals surface area (Å²) in [6.45, 7) is 0. The maximum Gasteiger partial charge on any atom is 0.0714 e. The zero-order valence-corrected chi connectivity index (χ0v) is 39.7. The van der Waals surface area contributed by atoms with Gasteiger partial charge >= 0.3 is 0 Å². The van der Waals surface area contributed by atoms with Crippen LogP contribution in [0.3, 0.4) is 0 Å². The number of fused-ring (bicyclic) bond motifs is 8. The Labute approximate surface area is 417 Å². The van der Waals surface area contributed by atoms with E-state index in [2.05, 4.69) is 278 Å². The van der Waals surface area contributed by atoms with Crippen molar-refractivity contribution in [1.29, 1.82) is 0 Å². The van der Waals surface area contributed by atoms with Crippen LogP contribution in [0, 0.1) is 0 Å². The van der Waals surface area contributed by atoms with Crippen LogP contribution in [0.4, 0.5) is 17.1 Å². The molecule has 1 aliphatic carbocycles. The molecule has 0 saturated heterocycles. The second-order valence-corrected chi connectivity index (χ2v) is 19.8. The second-order valence-electron chi connectivity index (χ2n) is 18.7. The number of hydrogen-bond acceptors (Lipinski definition) is 2. The lowest BCUT2D eigenvalue weighted by Gasteiger charge is -2.35. The van der Waals surface area contributed by atoms with Gasteiger partial charge in [0, 0.05) is 37.1 Å². The highest BCUT2D eigenvalue weighted by Gasteiger charge is 2.46. The molecule has 0 saturated carbocycles. The van der Waals surface area contributed by atoms with Crippen LogP contribution in [0.2, 0.25) is 0 Å². The van der Waals surface area contributed by atoms with E-state index in [1.54, 1.807) is 0 Å². The van der Waals surface area contributed by atoms with Crippen LogP contribution in [0.1, 0.15) is 22.3 Å². The molecule has 14 rings (SSSR count). The molecule has 0 amide bonds. The highest BCUT2D eigenvalue weighted by atomic mass is 32.1. The molecule has 0 spiro atoms. The number of rotatable bonds is 8. The van der Waals surface area contributed by atoms with Crippen molar-refractivity contribution in [3.8, 4) is 44.5 Å². The number of benzene rings is 12. The molecule has 12 aromatic carbocycles. The van der Waals surface area contributed by atoms with Gasteiger partial charge in [-0.05, 0) is 119 Å². The van der Waals surface area contributed by atoms with Crippen molar-refractivity contribution in [3.63, 3.8) is 0 Å². The summed E-state index contributed by atoms with van der Waals surface area (Å²) in [5.74, 6) is 0. The van der Waals surface area contributed by atoms with Crippen molar-refractivity contribution in [2.75, 3.05) is 4.90 Å². The molecule has 1 aliphatic rings. The van der Waals surface area contributed by atoms with Crippen LogP contribution in [0.25, 0.3) is 86.2 Å². The Morgan fingerprint density at radius 2 is 0.803 bits per heavy atom. The maximum atomic E-state index is 2.52. The monoisotopic (exact) mass is 919 g/mol. The van der Waals surface area contributed by atoms with Crippen molar-refractivity contribution < 1.29 is 0 Å². The maximum absolute atomic E-state index is 2.52. The molecule has 1 aromatic heterocycles. The van der Waals surface area contributed by atoms with E-state index in [9.17, 15) is 0 Å². The summed E-state index contributed by atoms with van der Waals surface area (Å²) in [6, 6.07) is 101. The smallest absolute Gasteiger partial charge is 0.0714 e. The topological polar surface area (TPSA) is 3.24 Å². The van der Waals surface area contributed by atoms with Crippen LogP contribution >= 0.6 is 11.3 Å². The first-order valence-corrected chi connectivity index (χ1v) is 25.3. The SMILES string of the molecule is c1ccc(C2(c3ccccc3)c3ccccc3-c3ccc(N(c4ccc(-c5ccc(-c6cccc7ccccc67)cc5)cc4)c4ccc(-c5cccc6ccccc56)c5sc6ccccc6c45)cc32)cc1. The van der Waals surface area contributed by atoms with Crippen LogP contribution in [0.5, 0.6) is 0 Å². The van der Waals surface area contributed by atoms with Gasteiger partial charge in [0.25, 0.3) is 0 Å². The summed E-state index contributed by atoms with van der Waals surface area (Å²) >= 11 is 1.89. The highest BCUT2D eigenvalue weighted by molar-refractivity contribution is 7.26. The fourth-order valence-electron chi connectivity index (χ4n) is 11.8. The minimum atomic E-state index is -0.541. The van der Waals surface area contributed by atoms with Gasteiger partial charge in [-0.15, -0.1) is 11.3 Å². The lowest BCUT2D eigenvalue weighted by molar-refractivity contribution is 0.768. The second kappa shape index (κ2) is 16.7. The van der Waals surface area contributed by atoms with E-state index >= 15 is 0 Å². The first-order chi connectivity index (χ1) is 35.2. The van der Waals surface area contributed by atoms with Crippen molar-refractivity contribution in [2.24, 2.45) is 0 Å². The Hall–Kier alpha value is -8.82. The largest absolute Gasteiger partial charge is 0.310 e. The Bertz CT molecular complexity index is 4100. The lowest BCUT2D eigenvalue weighted by Crippen LogP contribution is -2.28. The third-order valence-corrected chi connectivity index (χ3v) is 16.2. The summed E-state index contributed by atoms with van der Waals surface area (Å²) in [4.78, 5) is 2.52. The van der Waals surface area contributed by atoms with E-state index in [0.717, 1.165) is 17.1 Å².